The van der Waals surface area contributed by atoms with Gasteiger partial charge >= 0.3 is 5.97 Å². The van der Waals surface area contributed by atoms with Crippen LogP contribution in [-0.4, -0.2) is 69.2 Å². The van der Waals surface area contributed by atoms with Crippen molar-refractivity contribution in [2.45, 2.75) is 51.2 Å². The minimum atomic E-state index is -1.10. The van der Waals surface area contributed by atoms with Crippen molar-refractivity contribution in [1.29, 1.82) is 0 Å². The molecule has 2 heterocycles. The second-order valence-electron chi connectivity index (χ2n) is 6.26. The van der Waals surface area contributed by atoms with Gasteiger partial charge in [0.25, 0.3) is 0 Å². The predicted octanol–water partition coefficient (Wildman–Crippen LogP) is -1.51. The van der Waals surface area contributed by atoms with Gasteiger partial charge in [-0.25, -0.2) is 9.79 Å². The molecule has 0 aliphatic carbocycles. The number of nitrogens with zero attached hydrogens (tertiary/aromatic N) is 3. The highest BCUT2D eigenvalue weighted by atomic mass is 16.4. The maximum atomic E-state index is 12.9. The molecule has 10 heteroatoms. The highest BCUT2D eigenvalue weighted by Crippen LogP contribution is 2.35. The van der Waals surface area contributed by atoms with Crippen LogP contribution in [0.15, 0.2) is 4.99 Å². The number of amides is 3. The van der Waals surface area contributed by atoms with Gasteiger partial charge in [-0.2, -0.15) is 0 Å². The average molecular weight is 353 g/mol. The van der Waals surface area contributed by atoms with Crippen LogP contribution in [0.3, 0.4) is 0 Å². The van der Waals surface area contributed by atoms with Crippen molar-refractivity contribution in [2.75, 3.05) is 6.54 Å². The second-order valence-corrected chi connectivity index (χ2v) is 6.26. The van der Waals surface area contributed by atoms with E-state index in [0.29, 0.717) is 19.3 Å². The molecule has 0 bridgehead atoms. The molecule has 2 unspecified atom stereocenters. The van der Waals surface area contributed by atoms with Gasteiger partial charge in [-0.15, -0.1) is 0 Å². The minimum Gasteiger partial charge on any atom is -0.480 e. The van der Waals surface area contributed by atoms with Crippen molar-refractivity contribution in [1.82, 2.24) is 9.80 Å². The van der Waals surface area contributed by atoms with Crippen molar-refractivity contribution in [3.63, 3.8) is 0 Å². The number of carboxylic acid groups (broad SMARTS) is 1. The van der Waals surface area contributed by atoms with Crippen LogP contribution in [0.25, 0.3) is 0 Å². The number of likely N-dealkylation sites (tertiary alicyclic amines) is 2. The molecule has 2 saturated heterocycles. The van der Waals surface area contributed by atoms with E-state index in [-0.39, 0.29) is 12.5 Å². The minimum absolute atomic E-state index is 0.211. The Hall–Kier alpha value is -2.65. The summed E-state index contributed by atoms with van der Waals surface area (Å²) in [6.45, 7) is 3.23. The van der Waals surface area contributed by atoms with Crippen LogP contribution >= 0.6 is 0 Å². The third-order valence-electron chi connectivity index (χ3n) is 4.70. The number of β-lactam (4-membered cyclic amide) rings is 1. The first-order valence-corrected chi connectivity index (χ1v) is 8.16. The van der Waals surface area contributed by atoms with Crippen molar-refractivity contribution >= 4 is 29.7 Å². The van der Waals surface area contributed by atoms with Crippen LogP contribution in [0.1, 0.15) is 33.1 Å². The summed E-state index contributed by atoms with van der Waals surface area (Å²) < 4.78 is 0. The van der Waals surface area contributed by atoms with Crippen LogP contribution < -0.4 is 11.5 Å². The Bertz CT molecular complexity index is 630. The van der Waals surface area contributed by atoms with Crippen molar-refractivity contribution in [2.24, 2.45) is 22.4 Å². The lowest BCUT2D eigenvalue weighted by Gasteiger charge is -2.47. The normalized spacial score (nSPS) is 26.8. The standard InChI is InChI=1S/C15H23N5O5/c1-3-8(18-15(16)17)10-11(20(7(2)21)12(10)22)13(23)19-6-4-5-9(19)14(24)25/h8-11H,3-6H2,1-2H3,(H,24,25)(H4,16,17,18)/t8?,9?,10-,11+/m1/s1. The van der Waals surface area contributed by atoms with Gasteiger partial charge in [-0.3, -0.25) is 19.3 Å². The Balaban J connectivity index is 2.33. The fourth-order valence-corrected chi connectivity index (χ4v) is 3.58. The van der Waals surface area contributed by atoms with E-state index in [0.717, 1.165) is 4.90 Å². The molecular formula is C15H23N5O5. The number of hydrogen-bond donors (Lipinski definition) is 3. The molecule has 2 fully saturated rings. The molecule has 25 heavy (non-hydrogen) atoms. The fourth-order valence-electron chi connectivity index (χ4n) is 3.58. The van der Waals surface area contributed by atoms with Crippen LogP contribution in [-0.2, 0) is 19.2 Å². The van der Waals surface area contributed by atoms with E-state index < -0.39 is 47.7 Å². The number of carboxylic acids is 1. The monoisotopic (exact) mass is 353 g/mol. The van der Waals surface area contributed by atoms with E-state index >= 15 is 0 Å². The Morgan fingerprint density at radius 3 is 2.48 bits per heavy atom. The maximum absolute atomic E-state index is 12.9. The molecule has 138 valence electrons. The lowest BCUT2D eigenvalue weighted by molar-refractivity contribution is -0.175. The van der Waals surface area contributed by atoms with Crippen molar-refractivity contribution < 1.29 is 24.3 Å². The number of aliphatic carboxylic acids is 1. The largest absolute Gasteiger partial charge is 0.480 e. The molecule has 0 aromatic heterocycles. The van der Waals surface area contributed by atoms with Crippen LogP contribution in [0.4, 0.5) is 0 Å². The Morgan fingerprint density at radius 2 is 2.00 bits per heavy atom. The molecule has 4 atom stereocenters. The first-order chi connectivity index (χ1) is 11.7. The van der Waals surface area contributed by atoms with E-state index in [2.05, 4.69) is 4.99 Å². The van der Waals surface area contributed by atoms with Gasteiger partial charge in [0.2, 0.25) is 17.7 Å². The summed E-state index contributed by atoms with van der Waals surface area (Å²) in [5.41, 5.74) is 10.8. The van der Waals surface area contributed by atoms with Gasteiger partial charge in [-0.1, -0.05) is 6.92 Å². The molecule has 2 aliphatic rings. The summed E-state index contributed by atoms with van der Waals surface area (Å²) in [4.78, 5) is 54.6. The molecule has 2 aliphatic heterocycles. The Kier molecular flexibility index (Phi) is 5.29. The quantitative estimate of drug-likeness (QED) is 0.307. The molecular weight excluding hydrogens is 330 g/mol. The lowest BCUT2D eigenvalue weighted by Crippen LogP contribution is -2.71. The average Bonchev–Trinajstić information content (AvgIpc) is 2.99. The molecule has 0 spiro atoms. The molecule has 0 saturated carbocycles. The number of nitrogens with two attached hydrogens (primary N) is 2. The highest BCUT2D eigenvalue weighted by molar-refractivity contribution is 6.09. The summed E-state index contributed by atoms with van der Waals surface area (Å²) in [6, 6.07) is -2.66. The Labute approximate surface area is 144 Å². The van der Waals surface area contributed by atoms with Gasteiger partial charge in [0.15, 0.2) is 5.96 Å². The highest BCUT2D eigenvalue weighted by Gasteiger charge is 2.58. The predicted molar refractivity (Wildman–Crippen MR) is 87.1 cm³/mol. The summed E-state index contributed by atoms with van der Waals surface area (Å²) >= 11 is 0. The fraction of sp³-hybridized carbons (Fsp3) is 0.667. The molecule has 10 nitrogen and oxygen atoms in total. The number of aliphatic imine (C=N–C) groups is 1. The zero-order valence-corrected chi connectivity index (χ0v) is 14.2. The van der Waals surface area contributed by atoms with Gasteiger partial charge in [0.05, 0.1) is 12.0 Å². The number of carbonyl (C=O) groups is 4. The first kappa shape index (κ1) is 18.7. The third kappa shape index (κ3) is 3.28. The number of hydrogen-bond acceptors (Lipinski definition) is 5. The summed E-state index contributed by atoms with van der Waals surface area (Å²) in [7, 11) is 0. The third-order valence-corrected chi connectivity index (χ3v) is 4.70. The first-order valence-electron chi connectivity index (χ1n) is 8.16. The lowest BCUT2D eigenvalue weighted by atomic mass is 9.79. The van der Waals surface area contributed by atoms with Crippen molar-refractivity contribution in [3.8, 4) is 0 Å². The van der Waals surface area contributed by atoms with Gasteiger partial charge in [-0.05, 0) is 19.3 Å². The summed E-state index contributed by atoms with van der Waals surface area (Å²) in [5, 5.41) is 9.28. The van der Waals surface area contributed by atoms with E-state index in [1.807, 2.05) is 0 Å². The van der Waals surface area contributed by atoms with Gasteiger partial charge < -0.3 is 21.5 Å². The zero-order valence-electron chi connectivity index (χ0n) is 14.2. The smallest absolute Gasteiger partial charge is 0.326 e. The van der Waals surface area contributed by atoms with Crippen LogP contribution in [0.5, 0.6) is 0 Å². The van der Waals surface area contributed by atoms with Crippen LogP contribution in [0, 0.1) is 5.92 Å². The summed E-state index contributed by atoms with van der Waals surface area (Å²) in [6.07, 6.45) is 1.29. The molecule has 0 aromatic rings. The van der Waals surface area contributed by atoms with Gasteiger partial charge in [0, 0.05) is 13.5 Å². The molecule has 0 radical (unpaired) electrons. The second kappa shape index (κ2) is 7.08. The van der Waals surface area contributed by atoms with E-state index in [1.54, 1.807) is 6.92 Å². The maximum Gasteiger partial charge on any atom is 0.326 e. The van der Waals surface area contributed by atoms with Crippen LogP contribution in [0.2, 0.25) is 0 Å². The van der Waals surface area contributed by atoms with Crippen molar-refractivity contribution in [3.05, 3.63) is 0 Å². The Morgan fingerprint density at radius 1 is 1.36 bits per heavy atom. The van der Waals surface area contributed by atoms with E-state index in [4.69, 9.17) is 11.5 Å². The molecule has 3 amide bonds. The number of guanidine groups is 1. The zero-order chi connectivity index (χ0) is 18.9. The number of carbonyl (C=O) groups excluding carboxylic acids is 3. The molecule has 2 rings (SSSR count). The molecule has 0 aromatic carbocycles. The topological polar surface area (TPSA) is 159 Å². The number of rotatable bonds is 5. The SMILES string of the molecule is CCC(N=C(N)N)[C@H]1C(=O)N(C(C)=O)[C@@H]1C(=O)N1CCCC1C(=O)O. The summed E-state index contributed by atoms with van der Waals surface area (Å²) in [5.74, 6) is -3.82. The van der Waals surface area contributed by atoms with E-state index in [1.165, 1.54) is 11.8 Å². The van der Waals surface area contributed by atoms with E-state index in [9.17, 15) is 24.3 Å². The molecule has 5 N–H and O–H groups in total. The number of imide groups is 1. The van der Waals surface area contributed by atoms with Gasteiger partial charge in [0.1, 0.15) is 12.1 Å².